The van der Waals surface area contributed by atoms with Gasteiger partial charge >= 0.3 is 29.8 Å². The van der Waals surface area contributed by atoms with E-state index in [1.807, 2.05) is 64.1 Å². The van der Waals surface area contributed by atoms with E-state index in [0.29, 0.717) is 36.0 Å². The average molecular weight is 651 g/mol. The molecule has 47 heavy (non-hydrogen) atoms. The highest BCUT2D eigenvalue weighted by molar-refractivity contribution is 5.87. The van der Waals surface area contributed by atoms with E-state index in [9.17, 15) is 24.0 Å². The smallest absolute Gasteiger partial charge is 0.331 e. The molecule has 10 heteroatoms. The number of rotatable bonds is 8. The molecule has 1 aromatic carbocycles. The van der Waals surface area contributed by atoms with Crippen molar-refractivity contribution in [2.45, 2.75) is 99.1 Å². The van der Waals surface area contributed by atoms with Crippen molar-refractivity contribution in [2.24, 2.45) is 22.7 Å². The molecule has 0 aliphatic heterocycles. The quantitative estimate of drug-likeness (QED) is 0.150. The number of hydrogen-bond donors (Lipinski definition) is 0. The van der Waals surface area contributed by atoms with Gasteiger partial charge in [-0.1, -0.05) is 57.2 Å². The van der Waals surface area contributed by atoms with Crippen LogP contribution in [0.25, 0.3) is 6.08 Å². The molecule has 3 aliphatic rings. The summed E-state index contributed by atoms with van der Waals surface area (Å²) < 4.78 is 30.0. The third kappa shape index (κ3) is 7.68. The third-order valence-corrected chi connectivity index (χ3v) is 9.92. The van der Waals surface area contributed by atoms with Crippen molar-refractivity contribution in [3.63, 3.8) is 0 Å². The Kier molecular flexibility index (Phi) is 10.8. The van der Waals surface area contributed by atoms with Gasteiger partial charge in [0, 0.05) is 51.0 Å². The van der Waals surface area contributed by atoms with Crippen LogP contribution in [0.15, 0.2) is 59.2 Å². The fourth-order valence-corrected chi connectivity index (χ4v) is 8.06. The van der Waals surface area contributed by atoms with Gasteiger partial charge in [0.15, 0.2) is 6.10 Å². The van der Waals surface area contributed by atoms with E-state index in [-0.39, 0.29) is 6.61 Å². The Morgan fingerprint density at radius 2 is 1.47 bits per heavy atom. The number of esters is 5. The van der Waals surface area contributed by atoms with Crippen molar-refractivity contribution in [1.82, 2.24) is 0 Å². The maximum absolute atomic E-state index is 12.9. The van der Waals surface area contributed by atoms with Crippen LogP contribution < -0.4 is 0 Å². The first-order valence-electron chi connectivity index (χ1n) is 16.0. The fourth-order valence-electron chi connectivity index (χ4n) is 8.06. The highest BCUT2D eigenvalue weighted by Gasteiger charge is 2.63. The van der Waals surface area contributed by atoms with Crippen molar-refractivity contribution < 1.29 is 47.7 Å². The summed E-state index contributed by atoms with van der Waals surface area (Å²) in [5, 5.41) is 0. The van der Waals surface area contributed by atoms with Gasteiger partial charge in [-0.3, -0.25) is 19.2 Å². The molecule has 0 N–H and O–H groups in total. The van der Waals surface area contributed by atoms with Crippen molar-refractivity contribution >= 4 is 35.9 Å². The predicted octanol–water partition coefficient (Wildman–Crippen LogP) is 5.69. The summed E-state index contributed by atoms with van der Waals surface area (Å²) in [5.74, 6) is -3.78. The minimum Gasteiger partial charge on any atom is -0.462 e. The fraction of sp³-hybridized carbons (Fsp3) is 0.541. The second kappa shape index (κ2) is 14.3. The van der Waals surface area contributed by atoms with Crippen LogP contribution in [0, 0.1) is 22.7 Å². The Balaban J connectivity index is 1.89. The number of carbonyl (C=O) groups excluding carboxylic acids is 5. The van der Waals surface area contributed by atoms with E-state index < -0.39 is 76.9 Å². The van der Waals surface area contributed by atoms with Gasteiger partial charge in [-0.05, 0) is 60.0 Å². The Morgan fingerprint density at radius 1 is 0.851 bits per heavy atom. The molecule has 3 aliphatic carbocycles. The Bertz CT molecular complexity index is 1490. The summed E-state index contributed by atoms with van der Waals surface area (Å²) in [7, 11) is 0. The lowest BCUT2D eigenvalue weighted by Crippen LogP contribution is -2.63. The average Bonchev–Trinajstić information content (AvgIpc) is 2.97. The summed E-state index contributed by atoms with van der Waals surface area (Å²) in [6, 6.07) is 9.35. The van der Waals surface area contributed by atoms with Crippen LogP contribution in [0.4, 0.5) is 0 Å². The zero-order chi connectivity index (χ0) is 34.7. The number of hydrogen-bond acceptors (Lipinski definition) is 10. The standard InChI is InChI=1S/C37H46O10/c1-21-29(44-22(2)38)19-28-33(45-23(3)39)32-27(20-43-30(42)17-16-26-13-10-9-11-14-26)15-12-18-37(32,8)35(47-25(5)41)34(46-24(4)40)31(21)36(28,6)7/h9-11,13-17,28-29,32-35H,12,18-20H2,1-8H3/b17-16+/t28-,29-,32-,33+,34+,35?,37+/m0/s1. The maximum atomic E-state index is 12.9. The molecule has 10 nitrogen and oxygen atoms in total. The SMILES string of the molecule is CC(=O)OC1[C@H](OC(C)=O)C2=C(C)[C@@H](OC(C)=O)C[C@@H]([C@@H](OC(C)=O)[C@@H]3C(COC(=O)/C=C/c4ccccc4)=CCC[C@@]13C)C2(C)C. The molecule has 0 radical (unpaired) electrons. The van der Waals surface area contributed by atoms with Crippen molar-refractivity contribution in [3.8, 4) is 0 Å². The van der Waals surface area contributed by atoms with Gasteiger partial charge in [0.2, 0.25) is 0 Å². The molecule has 0 saturated heterocycles. The second-order valence-corrected chi connectivity index (χ2v) is 13.5. The monoisotopic (exact) mass is 650 g/mol. The van der Waals surface area contributed by atoms with E-state index in [4.69, 9.17) is 23.7 Å². The van der Waals surface area contributed by atoms with Crippen LogP contribution in [0.1, 0.15) is 80.2 Å². The first kappa shape index (κ1) is 35.6. The third-order valence-electron chi connectivity index (χ3n) is 9.92. The van der Waals surface area contributed by atoms with Crippen LogP contribution in [0.2, 0.25) is 0 Å². The van der Waals surface area contributed by atoms with Gasteiger partial charge in [0.05, 0.1) is 0 Å². The maximum Gasteiger partial charge on any atom is 0.331 e. The molecule has 254 valence electrons. The van der Waals surface area contributed by atoms with E-state index >= 15 is 0 Å². The molecule has 0 aromatic heterocycles. The zero-order valence-corrected chi connectivity index (χ0v) is 28.5. The first-order valence-corrected chi connectivity index (χ1v) is 16.0. The number of allylic oxidation sites excluding steroid dienone is 1. The zero-order valence-electron chi connectivity index (χ0n) is 28.5. The van der Waals surface area contributed by atoms with E-state index in [1.54, 1.807) is 6.08 Å². The Labute approximate surface area is 276 Å². The lowest BCUT2D eigenvalue weighted by Gasteiger charge is -2.59. The van der Waals surface area contributed by atoms with Crippen molar-refractivity contribution in [1.29, 1.82) is 0 Å². The molecule has 0 amide bonds. The van der Waals surface area contributed by atoms with Crippen LogP contribution in [-0.2, 0) is 47.7 Å². The van der Waals surface area contributed by atoms with Gasteiger partial charge in [-0.2, -0.15) is 0 Å². The highest BCUT2D eigenvalue weighted by Crippen LogP contribution is 2.60. The molecule has 1 fully saturated rings. The first-order chi connectivity index (χ1) is 22.1. The highest BCUT2D eigenvalue weighted by atomic mass is 16.6. The normalized spacial score (nSPS) is 29.7. The molecule has 7 atom stereocenters. The minimum absolute atomic E-state index is 0.108. The van der Waals surface area contributed by atoms with E-state index in [2.05, 4.69) is 0 Å². The number of fused-ring (bicyclic) bond motifs is 3. The second-order valence-electron chi connectivity index (χ2n) is 13.5. The topological polar surface area (TPSA) is 132 Å². The minimum atomic E-state index is -1.03. The van der Waals surface area contributed by atoms with Crippen LogP contribution in [0.3, 0.4) is 0 Å². The van der Waals surface area contributed by atoms with Crippen LogP contribution in [0.5, 0.6) is 0 Å². The molecule has 0 spiro atoms. The largest absolute Gasteiger partial charge is 0.462 e. The van der Waals surface area contributed by atoms with Gasteiger partial charge in [0.1, 0.15) is 24.9 Å². The van der Waals surface area contributed by atoms with Gasteiger partial charge in [0.25, 0.3) is 0 Å². The van der Waals surface area contributed by atoms with Gasteiger partial charge in [-0.25, -0.2) is 4.79 Å². The van der Waals surface area contributed by atoms with E-state index in [1.165, 1.54) is 33.8 Å². The summed E-state index contributed by atoms with van der Waals surface area (Å²) in [5.41, 5.74) is 1.14. The van der Waals surface area contributed by atoms with Crippen molar-refractivity contribution in [3.05, 3.63) is 64.8 Å². The lowest BCUT2D eigenvalue weighted by molar-refractivity contribution is -0.200. The van der Waals surface area contributed by atoms with Gasteiger partial charge < -0.3 is 23.7 Å². The Morgan fingerprint density at radius 3 is 2.06 bits per heavy atom. The molecular formula is C37H46O10. The van der Waals surface area contributed by atoms with Crippen LogP contribution in [-0.4, -0.2) is 60.9 Å². The van der Waals surface area contributed by atoms with Crippen LogP contribution >= 0.6 is 0 Å². The predicted molar refractivity (Wildman–Crippen MR) is 172 cm³/mol. The summed E-state index contributed by atoms with van der Waals surface area (Å²) >= 11 is 0. The molecular weight excluding hydrogens is 604 g/mol. The number of ether oxygens (including phenoxy) is 5. The van der Waals surface area contributed by atoms with E-state index in [0.717, 1.165) is 5.56 Å². The molecule has 1 unspecified atom stereocenters. The van der Waals surface area contributed by atoms with Gasteiger partial charge in [-0.15, -0.1) is 0 Å². The van der Waals surface area contributed by atoms with Crippen molar-refractivity contribution in [2.75, 3.05) is 6.61 Å². The summed E-state index contributed by atoms with van der Waals surface area (Å²) in [6.07, 6.45) is 2.77. The molecule has 1 saturated carbocycles. The molecule has 4 rings (SSSR count). The summed E-state index contributed by atoms with van der Waals surface area (Å²) in [4.78, 5) is 63.6. The number of benzene rings is 1. The Hall–Kier alpha value is -4.21. The molecule has 0 heterocycles. The molecule has 1 aromatic rings. The summed E-state index contributed by atoms with van der Waals surface area (Å²) in [6.45, 7) is 12.9. The number of carbonyl (C=O) groups is 5. The lowest BCUT2D eigenvalue weighted by atomic mass is 9.50. The molecule has 2 bridgehead atoms.